The first-order valence-corrected chi connectivity index (χ1v) is 9.69. The molecule has 2 heterocycles. The van der Waals surface area contributed by atoms with Crippen LogP contribution in [0.25, 0.3) is 0 Å². The number of methoxy groups -OCH3 is 1. The van der Waals surface area contributed by atoms with Crippen molar-refractivity contribution in [3.05, 3.63) is 29.8 Å². The van der Waals surface area contributed by atoms with E-state index < -0.39 is 5.41 Å². The summed E-state index contributed by atoms with van der Waals surface area (Å²) in [7, 11) is 3.08. The van der Waals surface area contributed by atoms with Gasteiger partial charge in [-0.25, -0.2) is 0 Å². The van der Waals surface area contributed by atoms with Crippen molar-refractivity contribution < 1.29 is 19.1 Å². The maximum absolute atomic E-state index is 13.2. The summed E-state index contributed by atoms with van der Waals surface area (Å²) in [6.45, 7) is 0.792. The highest BCUT2D eigenvalue weighted by Gasteiger charge is 2.53. The van der Waals surface area contributed by atoms with Gasteiger partial charge in [-0.2, -0.15) is 0 Å². The molecular formula is C21H26N2O4. The van der Waals surface area contributed by atoms with E-state index in [1.807, 2.05) is 4.90 Å². The Balaban J connectivity index is 1.65. The summed E-state index contributed by atoms with van der Waals surface area (Å²) in [5.41, 5.74) is -0.396. The Morgan fingerprint density at radius 1 is 1.22 bits per heavy atom. The molecule has 3 amide bonds. The lowest BCUT2D eigenvalue weighted by Crippen LogP contribution is -2.44. The molecule has 6 heteroatoms. The van der Waals surface area contributed by atoms with Gasteiger partial charge < -0.3 is 9.64 Å². The number of ether oxygens (including phenoxy) is 1. The highest BCUT2D eigenvalue weighted by molar-refractivity contribution is 6.10. The molecule has 1 aromatic rings. The third kappa shape index (κ3) is 2.91. The molecule has 2 bridgehead atoms. The predicted molar refractivity (Wildman–Crippen MR) is 99.1 cm³/mol. The van der Waals surface area contributed by atoms with Crippen molar-refractivity contribution in [1.82, 2.24) is 9.80 Å². The number of amides is 3. The minimum absolute atomic E-state index is 0.00309. The maximum Gasteiger partial charge on any atom is 0.240 e. The van der Waals surface area contributed by atoms with Crippen LogP contribution in [0.1, 0.15) is 44.1 Å². The first kappa shape index (κ1) is 18.0. The minimum Gasteiger partial charge on any atom is -0.497 e. The molecule has 1 aromatic carbocycles. The van der Waals surface area contributed by atoms with Crippen molar-refractivity contribution in [1.29, 1.82) is 0 Å². The SMILES string of the molecule is COc1ccc([C@]2(CC(=O)N3C[C@@H]4CCC[C@@H]3C4)CC(=O)N(C)C2=O)cc1. The van der Waals surface area contributed by atoms with Gasteiger partial charge in [0.25, 0.3) is 0 Å². The topological polar surface area (TPSA) is 66.9 Å². The average molecular weight is 370 g/mol. The van der Waals surface area contributed by atoms with E-state index in [1.54, 1.807) is 31.4 Å². The Labute approximate surface area is 159 Å². The molecule has 144 valence electrons. The van der Waals surface area contributed by atoms with E-state index in [9.17, 15) is 14.4 Å². The van der Waals surface area contributed by atoms with Crippen LogP contribution in [0.15, 0.2) is 24.3 Å². The smallest absolute Gasteiger partial charge is 0.240 e. The van der Waals surface area contributed by atoms with Crippen molar-refractivity contribution in [2.75, 3.05) is 20.7 Å². The van der Waals surface area contributed by atoms with E-state index in [0.29, 0.717) is 23.3 Å². The number of hydrogen-bond acceptors (Lipinski definition) is 4. The molecule has 0 radical (unpaired) electrons. The van der Waals surface area contributed by atoms with Gasteiger partial charge in [0.1, 0.15) is 5.75 Å². The highest BCUT2D eigenvalue weighted by Crippen LogP contribution is 2.42. The number of carbonyl (C=O) groups is 3. The van der Waals surface area contributed by atoms with Gasteiger partial charge in [0.05, 0.1) is 12.5 Å². The number of rotatable bonds is 4. The number of carbonyl (C=O) groups excluding carboxylic acids is 3. The van der Waals surface area contributed by atoms with Crippen LogP contribution in [0.2, 0.25) is 0 Å². The molecule has 0 N–H and O–H groups in total. The van der Waals surface area contributed by atoms with Crippen LogP contribution >= 0.6 is 0 Å². The first-order valence-electron chi connectivity index (χ1n) is 9.69. The van der Waals surface area contributed by atoms with Crippen molar-refractivity contribution in [2.45, 2.75) is 50.0 Å². The van der Waals surface area contributed by atoms with Gasteiger partial charge in [-0.3, -0.25) is 19.3 Å². The summed E-state index contributed by atoms with van der Waals surface area (Å²) >= 11 is 0. The highest BCUT2D eigenvalue weighted by atomic mass is 16.5. The Morgan fingerprint density at radius 3 is 2.56 bits per heavy atom. The zero-order chi connectivity index (χ0) is 19.2. The van der Waals surface area contributed by atoms with Crippen molar-refractivity contribution in [2.24, 2.45) is 5.92 Å². The number of likely N-dealkylation sites (tertiary alicyclic amines) is 2. The Morgan fingerprint density at radius 2 is 1.96 bits per heavy atom. The molecule has 6 nitrogen and oxygen atoms in total. The van der Waals surface area contributed by atoms with E-state index >= 15 is 0 Å². The fraction of sp³-hybridized carbons (Fsp3) is 0.571. The van der Waals surface area contributed by atoms with Crippen LogP contribution < -0.4 is 4.74 Å². The number of imide groups is 1. The van der Waals surface area contributed by atoms with Gasteiger partial charge in [0.15, 0.2) is 0 Å². The number of hydrogen-bond donors (Lipinski definition) is 0. The number of fused-ring (bicyclic) bond motifs is 2. The molecule has 0 aromatic heterocycles. The summed E-state index contributed by atoms with van der Waals surface area (Å²) in [5.74, 6) is 0.751. The second-order valence-electron chi connectivity index (χ2n) is 8.15. The van der Waals surface area contributed by atoms with Crippen molar-refractivity contribution in [3.63, 3.8) is 0 Å². The third-order valence-corrected chi connectivity index (χ3v) is 6.61. The molecule has 0 unspecified atom stereocenters. The standard InChI is InChI=1S/C21H26N2O4/c1-22-18(24)11-21(20(22)26,15-6-8-17(27-2)9-7-15)12-19(25)23-13-14-4-3-5-16(23)10-14/h6-9,14,16H,3-5,10-13H2,1-2H3/t14-,16-,21-/m1/s1. The van der Waals surface area contributed by atoms with Gasteiger partial charge in [0.2, 0.25) is 17.7 Å². The van der Waals surface area contributed by atoms with Gasteiger partial charge in [-0.1, -0.05) is 18.6 Å². The van der Waals surface area contributed by atoms with Crippen LogP contribution in [-0.4, -0.2) is 54.3 Å². The van der Waals surface area contributed by atoms with Crippen molar-refractivity contribution >= 4 is 17.7 Å². The second kappa shape index (κ2) is 6.66. The average Bonchev–Trinajstić information content (AvgIpc) is 3.10. The molecule has 0 spiro atoms. The molecular weight excluding hydrogens is 344 g/mol. The molecule has 2 aliphatic heterocycles. The Bertz CT molecular complexity index is 775. The second-order valence-corrected chi connectivity index (χ2v) is 8.15. The Hall–Kier alpha value is -2.37. The van der Waals surface area contributed by atoms with Crippen LogP contribution in [0, 0.1) is 5.92 Å². The Kier molecular flexibility index (Phi) is 4.44. The molecule has 1 aliphatic carbocycles. The third-order valence-electron chi connectivity index (χ3n) is 6.61. The number of benzene rings is 1. The van der Waals surface area contributed by atoms with E-state index in [1.165, 1.54) is 24.8 Å². The van der Waals surface area contributed by atoms with E-state index in [-0.39, 0.29) is 30.6 Å². The summed E-state index contributed by atoms with van der Waals surface area (Å²) < 4.78 is 5.21. The normalized spacial score (nSPS) is 30.1. The summed E-state index contributed by atoms with van der Waals surface area (Å²) in [5, 5.41) is 0. The largest absolute Gasteiger partial charge is 0.497 e. The van der Waals surface area contributed by atoms with Crippen LogP contribution in [0.5, 0.6) is 5.75 Å². The van der Waals surface area contributed by atoms with Crippen LogP contribution in [-0.2, 0) is 19.8 Å². The van der Waals surface area contributed by atoms with E-state index in [0.717, 1.165) is 19.4 Å². The van der Waals surface area contributed by atoms with Crippen molar-refractivity contribution in [3.8, 4) is 5.75 Å². The summed E-state index contributed by atoms with van der Waals surface area (Å²) in [4.78, 5) is 41.8. The van der Waals surface area contributed by atoms with Crippen LogP contribution in [0.3, 0.4) is 0 Å². The molecule has 1 saturated carbocycles. The minimum atomic E-state index is -1.11. The monoisotopic (exact) mass is 370 g/mol. The lowest BCUT2D eigenvalue weighted by atomic mass is 9.75. The van der Waals surface area contributed by atoms with Gasteiger partial charge in [-0.15, -0.1) is 0 Å². The van der Waals surface area contributed by atoms with Gasteiger partial charge in [0, 0.05) is 32.5 Å². The fourth-order valence-electron chi connectivity index (χ4n) is 5.07. The molecule has 4 rings (SSSR count). The first-order chi connectivity index (χ1) is 12.9. The molecule has 3 fully saturated rings. The quantitative estimate of drug-likeness (QED) is 0.762. The van der Waals surface area contributed by atoms with Crippen LogP contribution in [0.4, 0.5) is 0 Å². The lowest BCUT2D eigenvalue weighted by Gasteiger charge is -2.31. The lowest BCUT2D eigenvalue weighted by molar-refractivity contribution is -0.141. The summed E-state index contributed by atoms with van der Waals surface area (Å²) in [6, 6.07) is 7.47. The molecule has 27 heavy (non-hydrogen) atoms. The predicted octanol–water partition coefficient (Wildman–Crippen LogP) is 2.11. The van der Waals surface area contributed by atoms with E-state index in [2.05, 4.69) is 0 Å². The summed E-state index contributed by atoms with van der Waals surface area (Å²) in [6.07, 6.45) is 4.57. The fourth-order valence-corrected chi connectivity index (χ4v) is 5.07. The zero-order valence-corrected chi connectivity index (χ0v) is 15.9. The number of nitrogens with zero attached hydrogens (tertiary/aromatic N) is 2. The zero-order valence-electron chi connectivity index (χ0n) is 15.9. The molecule has 3 aliphatic rings. The maximum atomic E-state index is 13.2. The van der Waals surface area contributed by atoms with Gasteiger partial charge >= 0.3 is 0 Å². The van der Waals surface area contributed by atoms with E-state index in [4.69, 9.17) is 4.74 Å². The molecule has 3 atom stereocenters. The van der Waals surface area contributed by atoms with Gasteiger partial charge in [-0.05, 0) is 42.9 Å². The molecule has 2 saturated heterocycles. The number of likely N-dealkylation sites (N-methyl/N-ethyl adjacent to an activating group) is 1.